The molecule has 0 saturated heterocycles. The molecule has 0 bridgehead atoms. The van der Waals surface area contributed by atoms with Crippen molar-refractivity contribution in [1.82, 2.24) is 10.1 Å². The van der Waals surface area contributed by atoms with Gasteiger partial charge in [-0.15, -0.1) is 0 Å². The summed E-state index contributed by atoms with van der Waals surface area (Å²) in [6, 6.07) is 9.57. The lowest BCUT2D eigenvalue weighted by molar-refractivity contribution is 0.371. The number of benzene rings is 1. The summed E-state index contributed by atoms with van der Waals surface area (Å²) < 4.78 is 29.7. The molecular weight excluding hydrogens is 300 g/mol. The number of aryl methyl sites for hydroxylation is 1. The van der Waals surface area contributed by atoms with Crippen molar-refractivity contribution in [3.63, 3.8) is 0 Å². The van der Waals surface area contributed by atoms with E-state index in [0.29, 0.717) is 12.2 Å². The van der Waals surface area contributed by atoms with Crippen LogP contribution >= 0.6 is 0 Å². The highest BCUT2D eigenvalue weighted by Crippen LogP contribution is 2.21. The Morgan fingerprint density at radius 1 is 1.27 bits per heavy atom. The second-order valence-corrected chi connectivity index (χ2v) is 7.45. The summed E-state index contributed by atoms with van der Waals surface area (Å²) in [5, 5.41) is 3.00. The summed E-state index contributed by atoms with van der Waals surface area (Å²) in [5.41, 5.74) is 0.966. The average molecular weight is 320 g/mol. The van der Waals surface area contributed by atoms with E-state index in [2.05, 4.69) is 10.1 Å². The predicted octanol–water partition coefficient (Wildman–Crippen LogP) is 3.21. The molecule has 5 nitrogen and oxygen atoms in total. The normalized spacial score (nSPS) is 13.5. The minimum Gasteiger partial charge on any atom is -0.338 e. The van der Waals surface area contributed by atoms with Crippen molar-refractivity contribution in [3.05, 3.63) is 53.7 Å². The molecule has 0 aliphatic heterocycles. The molecule has 0 N–H and O–H groups in total. The van der Waals surface area contributed by atoms with Gasteiger partial charge in [0.25, 0.3) is 0 Å². The number of hydrogen-bond acceptors (Lipinski definition) is 5. The minimum atomic E-state index is -3.37. The Bertz CT molecular complexity index is 721. The van der Waals surface area contributed by atoms with Gasteiger partial charge in [0.05, 0.1) is 5.75 Å². The monoisotopic (exact) mass is 320 g/mol. The first-order valence-electron chi connectivity index (χ1n) is 7.28. The second kappa shape index (κ2) is 7.35. The average Bonchev–Trinajstić information content (AvgIpc) is 2.96. The molecule has 0 unspecified atom stereocenters. The van der Waals surface area contributed by atoms with E-state index < -0.39 is 15.1 Å². The number of hydrogen-bond donors (Lipinski definition) is 0. The van der Waals surface area contributed by atoms with Gasteiger partial charge in [0.2, 0.25) is 5.89 Å². The quantitative estimate of drug-likeness (QED) is 0.783. The van der Waals surface area contributed by atoms with Crippen molar-refractivity contribution in [1.29, 1.82) is 0 Å². The van der Waals surface area contributed by atoms with E-state index in [1.165, 1.54) is 0 Å². The van der Waals surface area contributed by atoms with Crippen LogP contribution in [0.1, 0.15) is 42.8 Å². The number of aromatic nitrogens is 2. The summed E-state index contributed by atoms with van der Waals surface area (Å²) in [7, 11) is -3.37. The largest absolute Gasteiger partial charge is 0.338 e. The Kier molecular flexibility index (Phi) is 5.49. The van der Waals surface area contributed by atoms with Gasteiger partial charge < -0.3 is 4.52 Å². The zero-order valence-electron chi connectivity index (χ0n) is 12.8. The first kappa shape index (κ1) is 16.4. The molecule has 0 spiro atoms. The van der Waals surface area contributed by atoms with Gasteiger partial charge >= 0.3 is 0 Å². The highest BCUT2D eigenvalue weighted by atomic mass is 32.2. The maximum atomic E-state index is 12.3. The fourth-order valence-corrected chi connectivity index (χ4v) is 2.99. The molecule has 2 aromatic rings. The number of nitrogens with zero attached hydrogens (tertiary/aromatic N) is 2. The van der Waals surface area contributed by atoms with Crippen LogP contribution in [0.2, 0.25) is 0 Å². The Morgan fingerprint density at radius 2 is 2.00 bits per heavy atom. The topological polar surface area (TPSA) is 73.1 Å². The van der Waals surface area contributed by atoms with Crippen molar-refractivity contribution >= 4 is 15.9 Å². The Balaban J connectivity index is 2.04. The summed E-state index contributed by atoms with van der Waals surface area (Å²) in [6.07, 6.45) is 5.01. The van der Waals surface area contributed by atoms with Crippen molar-refractivity contribution in [2.75, 3.05) is 5.75 Å². The fourth-order valence-electron chi connectivity index (χ4n) is 1.94. The van der Waals surface area contributed by atoms with Gasteiger partial charge in [0, 0.05) is 6.42 Å². The van der Waals surface area contributed by atoms with Crippen LogP contribution in [0, 0.1) is 0 Å². The van der Waals surface area contributed by atoms with Crippen LogP contribution in [0.5, 0.6) is 0 Å². The highest BCUT2D eigenvalue weighted by Gasteiger charge is 2.26. The maximum absolute atomic E-state index is 12.3. The summed E-state index contributed by atoms with van der Waals surface area (Å²) in [6.45, 7) is 3.58. The lowest BCUT2D eigenvalue weighted by atomic mass is 10.2. The molecule has 0 radical (unpaired) electrons. The van der Waals surface area contributed by atoms with E-state index in [-0.39, 0.29) is 11.6 Å². The SMILES string of the molecule is CCCc1noc([C@H](C)S(=O)(=O)C/C=C\c2ccccc2)n1. The molecule has 0 aliphatic rings. The van der Waals surface area contributed by atoms with Gasteiger partial charge in [-0.05, 0) is 18.9 Å². The first-order valence-corrected chi connectivity index (χ1v) is 9.00. The molecule has 0 fully saturated rings. The van der Waals surface area contributed by atoms with E-state index >= 15 is 0 Å². The molecule has 0 amide bonds. The van der Waals surface area contributed by atoms with E-state index in [9.17, 15) is 8.42 Å². The molecule has 2 rings (SSSR count). The third-order valence-electron chi connectivity index (χ3n) is 3.28. The molecule has 22 heavy (non-hydrogen) atoms. The number of sulfone groups is 1. The van der Waals surface area contributed by atoms with Crippen LogP contribution < -0.4 is 0 Å². The molecule has 0 aliphatic carbocycles. The Hall–Kier alpha value is -1.95. The van der Waals surface area contributed by atoms with Crippen LogP contribution in [0.25, 0.3) is 6.08 Å². The van der Waals surface area contributed by atoms with Gasteiger partial charge in [-0.3, -0.25) is 0 Å². The van der Waals surface area contributed by atoms with E-state index in [4.69, 9.17) is 4.52 Å². The van der Waals surface area contributed by atoms with E-state index in [1.807, 2.05) is 37.3 Å². The summed E-state index contributed by atoms with van der Waals surface area (Å²) >= 11 is 0. The van der Waals surface area contributed by atoms with Gasteiger partial charge in [-0.2, -0.15) is 4.98 Å². The standard InChI is InChI=1S/C16H20N2O3S/c1-3-8-15-17-16(21-18-15)13(2)22(19,20)12-7-11-14-9-5-4-6-10-14/h4-7,9-11,13H,3,8,12H2,1-2H3/b11-7-/t13-/m0/s1. The zero-order valence-corrected chi connectivity index (χ0v) is 13.6. The predicted molar refractivity (Wildman–Crippen MR) is 86.0 cm³/mol. The molecule has 1 aromatic carbocycles. The highest BCUT2D eigenvalue weighted by molar-refractivity contribution is 7.91. The van der Waals surface area contributed by atoms with Crippen LogP contribution in [0.15, 0.2) is 40.9 Å². The van der Waals surface area contributed by atoms with Crippen molar-refractivity contribution in [3.8, 4) is 0 Å². The smallest absolute Gasteiger partial charge is 0.244 e. The Labute approximate surface area is 131 Å². The first-order chi connectivity index (χ1) is 10.5. The van der Waals surface area contributed by atoms with Crippen LogP contribution in [0.4, 0.5) is 0 Å². The minimum absolute atomic E-state index is 0.0610. The van der Waals surface area contributed by atoms with E-state index in [0.717, 1.165) is 12.0 Å². The number of rotatable bonds is 7. The van der Waals surface area contributed by atoms with Gasteiger partial charge in [0.15, 0.2) is 15.7 Å². The molecule has 0 saturated carbocycles. The van der Waals surface area contributed by atoms with Gasteiger partial charge in [0.1, 0.15) is 5.25 Å². The third kappa shape index (κ3) is 4.27. The van der Waals surface area contributed by atoms with Gasteiger partial charge in [-0.1, -0.05) is 54.6 Å². The summed E-state index contributed by atoms with van der Waals surface area (Å²) in [5.74, 6) is 0.658. The van der Waals surface area contributed by atoms with Crippen LogP contribution in [-0.4, -0.2) is 24.3 Å². The molecule has 6 heteroatoms. The molecular formula is C16H20N2O3S. The fraction of sp³-hybridized carbons (Fsp3) is 0.375. The third-order valence-corrected chi connectivity index (χ3v) is 5.22. The van der Waals surface area contributed by atoms with Crippen LogP contribution in [-0.2, 0) is 16.3 Å². The van der Waals surface area contributed by atoms with Crippen molar-refractivity contribution < 1.29 is 12.9 Å². The maximum Gasteiger partial charge on any atom is 0.244 e. The van der Waals surface area contributed by atoms with E-state index in [1.54, 1.807) is 19.1 Å². The lowest BCUT2D eigenvalue weighted by Crippen LogP contribution is -2.13. The van der Waals surface area contributed by atoms with Crippen molar-refractivity contribution in [2.45, 2.75) is 31.9 Å². The van der Waals surface area contributed by atoms with Gasteiger partial charge in [-0.25, -0.2) is 8.42 Å². The van der Waals surface area contributed by atoms with Crippen molar-refractivity contribution in [2.24, 2.45) is 0 Å². The molecule has 1 aromatic heterocycles. The lowest BCUT2D eigenvalue weighted by Gasteiger charge is -2.06. The Morgan fingerprint density at radius 3 is 2.68 bits per heavy atom. The zero-order chi connectivity index (χ0) is 16.0. The molecule has 1 heterocycles. The second-order valence-electron chi connectivity index (χ2n) is 5.08. The van der Waals surface area contributed by atoms with Crippen LogP contribution in [0.3, 0.4) is 0 Å². The molecule has 1 atom stereocenters. The molecule has 118 valence electrons. The summed E-state index contributed by atoms with van der Waals surface area (Å²) in [4.78, 5) is 4.15.